The van der Waals surface area contributed by atoms with E-state index in [1.807, 2.05) is 24.3 Å². The second-order valence-electron chi connectivity index (χ2n) is 5.76. The Morgan fingerprint density at radius 3 is 3.18 bits per heavy atom. The third kappa shape index (κ3) is 3.25. The molecule has 1 amide bonds. The third-order valence-corrected chi connectivity index (χ3v) is 4.17. The first-order valence-corrected chi connectivity index (χ1v) is 7.77. The van der Waals surface area contributed by atoms with Gasteiger partial charge in [0.15, 0.2) is 11.5 Å². The topological polar surface area (TPSA) is 59.6 Å². The number of nitrogens with one attached hydrogen (secondary N) is 2. The van der Waals surface area contributed by atoms with Gasteiger partial charge in [0.25, 0.3) is 5.91 Å². The standard InChI is InChI=1S/C17H22N2O3/c1-21-15-6-2-5-13-8-14(11-22-16(13)15)17(20)19-10-12-4-3-7-18-9-12/h2,5-6,8,12,18H,3-4,7,9-11H2,1H3,(H,19,20). The molecule has 118 valence electrons. The second kappa shape index (κ2) is 6.83. The van der Waals surface area contributed by atoms with Crippen LogP contribution in [-0.2, 0) is 4.79 Å². The van der Waals surface area contributed by atoms with Crippen molar-refractivity contribution in [3.63, 3.8) is 0 Å². The number of piperidine rings is 1. The van der Waals surface area contributed by atoms with E-state index in [0.717, 1.165) is 18.7 Å². The van der Waals surface area contributed by atoms with Crippen LogP contribution >= 0.6 is 0 Å². The van der Waals surface area contributed by atoms with Gasteiger partial charge in [0.2, 0.25) is 0 Å². The van der Waals surface area contributed by atoms with Crippen molar-refractivity contribution in [1.82, 2.24) is 10.6 Å². The van der Waals surface area contributed by atoms with Gasteiger partial charge < -0.3 is 20.1 Å². The largest absolute Gasteiger partial charge is 0.493 e. The smallest absolute Gasteiger partial charge is 0.250 e. The average Bonchev–Trinajstić information content (AvgIpc) is 2.59. The number of carbonyl (C=O) groups excluding carboxylic acids is 1. The Bertz CT molecular complexity index is 577. The van der Waals surface area contributed by atoms with Crippen molar-refractivity contribution in [2.75, 3.05) is 33.4 Å². The Morgan fingerprint density at radius 1 is 1.50 bits per heavy atom. The first kappa shape index (κ1) is 14.9. The van der Waals surface area contributed by atoms with Crippen LogP contribution in [0.15, 0.2) is 23.8 Å². The maximum absolute atomic E-state index is 12.3. The molecule has 1 aromatic rings. The van der Waals surface area contributed by atoms with E-state index in [-0.39, 0.29) is 12.5 Å². The summed E-state index contributed by atoms with van der Waals surface area (Å²) < 4.78 is 11.0. The number of methoxy groups -OCH3 is 1. The van der Waals surface area contributed by atoms with Crippen LogP contribution in [0.4, 0.5) is 0 Å². The SMILES string of the molecule is COc1cccc2c1OCC(C(=O)NCC1CCCNC1)=C2. The first-order valence-electron chi connectivity index (χ1n) is 7.77. The number of amides is 1. The van der Waals surface area contributed by atoms with Crippen LogP contribution in [0.2, 0.25) is 0 Å². The Morgan fingerprint density at radius 2 is 2.41 bits per heavy atom. The molecule has 22 heavy (non-hydrogen) atoms. The fourth-order valence-corrected chi connectivity index (χ4v) is 2.92. The molecule has 1 fully saturated rings. The fourth-order valence-electron chi connectivity index (χ4n) is 2.92. The van der Waals surface area contributed by atoms with E-state index in [9.17, 15) is 4.79 Å². The van der Waals surface area contributed by atoms with Gasteiger partial charge in [0.05, 0.1) is 12.7 Å². The minimum Gasteiger partial charge on any atom is -0.493 e. The van der Waals surface area contributed by atoms with E-state index >= 15 is 0 Å². The monoisotopic (exact) mass is 302 g/mol. The molecule has 1 aromatic carbocycles. The number of hydrogen-bond donors (Lipinski definition) is 2. The van der Waals surface area contributed by atoms with Crippen LogP contribution in [0.5, 0.6) is 11.5 Å². The van der Waals surface area contributed by atoms with Crippen LogP contribution in [0.25, 0.3) is 6.08 Å². The van der Waals surface area contributed by atoms with Crippen LogP contribution < -0.4 is 20.1 Å². The van der Waals surface area contributed by atoms with Gasteiger partial charge in [-0.15, -0.1) is 0 Å². The summed E-state index contributed by atoms with van der Waals surface area (Å²) in [6.07, 6.45) is 4.23. The van der Waals surface area contributed by atoms with Crippen LogP contribution in [0.3, 0.4) is 0 Å². The van der Waals surface area contributed by atoms with Gasteiger partial charge in [-0.25, -0.2) is 0 Å². The lowest BCUT2D eigenvalue weighted by Crippen LogP contribution is -2.39. The van der Waals surface area contributed by atoms with Crippen LogP contribution in [-0.4, -0.2) is 39.3 Å². The maximum atomic E-state index is 12.3. The molecule has 0 bridgehead atoms. The Balaban J connectivity index is 1.64. The predicted octanol–water partition coefficient (Wildman–Crippen LogP) is 1.59. The number of hydrogen-bond acceptors (Lipinski definition) is 4. The number of rotatable bonds is 4. The van der Waals surface area contributed by atoms with Gasteiger partial charge >= 0.3 is 0 Å². The lowest BCUT2D eigenvalue weighted by Gasteiger charge is -2.24. The molecule has 5 heteroatoms. The van der Waals surface area contributed by atoms with Crippen molar-refractivity contribution in [1.29, 1.82) is 0 Å². The molecular formula is C17H22N2O3. The molecule has 0 aromatic heterocycles. The van der Waals surface area contributed by atoms with Crippen LogP contribution in [0.1, 0.15) is 18.4 Å². The number of carbonyl (C=O) groups is 1. The Hall–Kier alpha value is -2.01. The number of fused-ring (bicyclic) bond motifs is 1. The van der Waals surface area contributed by atoms with Crippen molar-refractivity contribution in [3.05, 3.63) is 29.3 Å². The van der Waals surface area contributed by atoms with Crippen molar-refractivity contribution in [3.8, 4) is 11.5 Å². The molecule has 2 N–H and O–H groups in total. The zero-order chi connectivity index (χ0) is 15.4. The number of ether oxygens (including phenoxy) is 2. The van der Waals surface area contributed by atoms with Crippen molar-refractivity contribution < 1.29 is 14.3 Å². The van der Waals surface area contributed by atoms with Gasteiger partial charge in [-0.2, -0.15) is 0 Å². The van der Waals surface area contributed by atoms with Crippen LogP contribution in [0, 0.1) is 5.92 Å². The molecule has 0 radical (unpaired) electrons. The van der Waals surface area contributed by atoms with Gasteiger partial charge in [0, 0.05) is 12.1 Å². The van der Waals surface area contributed by atoms with E-state index in [4.69, 9.17) is 9.47 Å². The minimum absolute atomic E-state index is 0.0426. The summed E-state index contributed by atoms with van der Waals surface area (Å²) in [5.41, 5.74) is 1.54. The zero-order valence-electron chi connectivity index (χ0n) is 12.9. The van der Waals surface area contributed by atoms with Crippen molar-refractivity contribution in [2.24, 2.45) is 5.92 Å². The molecule has 5 nitrogen and oxygen atoms in total. The lowest BCUT2D eigenvalue weighted by atomic mass is 9.99. The van der Waals surface area contributed by atoms with Crippen molar-refractivity contribution >= 4 is 12.0 Å². The van der Waals surface area contributed by atoms with Gasteiger partial charge in [-0.3, -0.25) is 4.79 Å². The molecule has 2 aliphatic heterocycles. The third-order valence-electron chi connectivity index (χ3n) is 4.17. The van der Waals surface area contributed by atoms with Gasteiger partial charge in [-0.1, -0.05) is 12.1 Å². The molecule has 2 heterocycles. The first-order chi connectivity index (χ1) is 10.8. The maximum Gasteiger partial charge on any atom is 0.250 e. The molecule has 3 rings (SSSR count). The number of para-hydroxylation sites is 1. The van der Waals surface area contributed by atoms with Gasteiger partial charge in [-0.05, 0) is 44.0 Å². The highest BCUT2D eigenvalue weighted by molar-refractivity contribution is 5.99. The highest BCUT2D eigenvalue weighted by Gasteiger charge is 2.21. The summed E-state index contributed by atoms with van der Waals surface area (Å²) in [5.74, 6) is 1.88. The summed E-state index contributed by atoms with van der Waals surface area (Å²) >= 11 is 0. The second-order valence-corrected chi connectivity index (χ2v) is 5.76. The summed E-state index contributed by atoms with van der Waals surface area (Å²) in [5, 5.41) is 6.38. The van der Waals surface area contributed by atoms with E-state index in [1.165, 1.54) is 12.8 Å². The molecule has 1 atom stereocenters. The highest BCUT2D eigenvalue weighted by atomic mass is 16.5. The normalized spacial score (nSPS) is 20.4. The number of benzene rings is 1. The van der Waals surface area contributed by atoms with Crippen molar-refractivity contribution in [2.45, 2.75) is 12.8 Å². The van der Waals surface area contributed by atoms with E-state index in [2.05, 4.69) is 10.6 Å². The zero-order valence-corrected chi connectivity index (χ0v) is 12.9. The molecule has 0 aliphatic carbocycles. The molecule has 1 unspecified atom stereocenters. The summed E-state index contributed by atoms with van der Waals surface area (Å²) in [7, 11) is 1.61. The summed E-state index contributed by atoms with van der Waals surface area (Å²) in [6.45, 7) is 3.06. The van der Waals surface area contributed by atoms with E-state index < -0.39 is 0 Å². The Kier molecular flexibility index (Phi) is 4.63. The fraction of sp³-hybridized carbons (Fsp3) is 0.471. The van der Waals surface area contributed by atoms with E-state index in [0.29, 0.717) is 29.5 Å². The predicted molar refractivity (Wildman–Crippen MR) is 85.1 cm³/mol. The molecule has 1 saturated heterocycles. The summed E-state index contributed by atoms with van der Waals surface area (Å²) in [4.78, 5) is 12.3. The quantitative estimate of drug-likeness (QED) is 0.887. The molecule has 0 spiro atoms. The Labute approximate surface area is 130 Å². The average molecular weight is 302 g/mol. The minimum atomic E-state index is -0.0426. The lowest BCUT2D eigenvalue weighted by molar-refractivity contribution is -0.118. The molecule has 2 aliphatic rings. The highest BCUT2D eigenvalue weighted by Crippen LogP contribution is 2.35. The van der Waals surface area contributed by atoms with Gasteiger partial charge in [0.1, 0.15) is 6.61 Å². The van der Waals surface area contributed by atoms with E-state index in [1.54, 1.807) is 7.11 Å². The molecular weight excluding hydrogens is 280 g/mol. The summed E-state index contributed by atoms with van der Waals surface area (Å²) in [6, 6.07) is 5.68. The molecule has 0 saturated carbocycles.